The number of carbonyl (C=O) groups is 1. The molecule has 1 heterocycles. The monoisotopic (exact) mass is 238 g/mol. The number of hydrogen-bond donors (Lipinski definition) is 0. The standard InChI is InChI=1S/C10H8F2N4O/c11-8-2-1-6(3-9(8)12)10(17)16-4-7(5-16)14-15-13/h1-3,7H,4-5H2. The summed E-state index contributed by atoms with van der Waals surface area (Å²) in [6.45, 7) is 0.615. The molecule has 0 atom stereocenters. The Morgan fingerprint density at radius 1 is 1.41 bits per heavy atom. The van der Waals surface area contributed by atoms with Crippen molar-refractivity contribution in [3.05, 3.63) is 45.8 Å². The van der Waals surface area contributed by atoms with Gasteiger partial charge in [-0.3, -0.25) is 4.79 Å². The molecule has 0 aromatic heterocycles. The van der Waals surface area contributed by atoms with Gasteiger partial charge in [0.15, 0.2) is 11.6 Å². The smallest absolute Gasteiger partial charge is 0.253 e. The van der Waals surface area contributed by atoms with E-state index in [0.29, 0.717) is 13.1 Å². The maximum atomic E-state index is 12.9. The summed E-state index contributed by atoms with van der Waals surface area (Å²) >= 11 is 0. The summed E-state index contributed by atoms with van der Waals surface area (Å²) in [5, 5.41) is 3.44. The van der Waals surface area contributed by atoms with E-state index in [9.17, 15) is 13.6 Å². The van der Waals surface area contributed by atoms with E-state index in [1.54, 1.807) is 0 Å². The third kappa shape index (κ3) is 2.19. The zero-order valence-electron chi connectivity index (χ0n) is 8.68. The lowest BCUT2D eigenvalue weighted by molar-refractivity contribution is 0.0608. The highest BCUT2D eigenvalue weighted by Crippen LogP contribution is 2.17. The Bertz CT molecular complexity index is 507. The molecular formula is C10H8F2N4O. The quantitative estimate of drug-likeness (QED) is 0.442. The molecule has 1 aromatic rings. The number of amides is 1. The summed E-state index contributed by atoms with van der Waals surface area (Å²) in [4.78, 5) is 15.8. The Morgan fingerprint density at radius 2 is 2.12 bits per heavy atom. The first-order chi connectivity index (χ1) is 8.11. The lowest BCUT2D eigenvalue weighted by Gasteiger charge is -2.36. The van der Waals surface area contributed by atoms with Crippen LogP contribution in [0, 0.1) is 11.6 Å². The van der Waals surface area contributed by atoms with Crippen molar-refractivity contribution in [2.45, 2.75) is 6.04 Å². The van der Waals surface area contributed by atoms with Crippen molar-refractivity contribution in [2.24, 2.45) is 5.11 Å². The van der Waals surface area contributed by atoms with Crippen LogP contribution in [0.25, 0.3) is 10.4 Å². The van der Waals surface area contributed by atoms with Crippen LogP contribution < -0.4 is 0 Å². The van der Waals surface area contributed by atoms with Crippen molar-refractivity contribution in [1.82, 2.24) is 4.90 Å². The third-order valence-corrected chi connectivity index (χ3v) is 2.53. The number of rotatable bonds is 2. The molecule has 1 aliphatic rings. The SMILES string of the molecule is [N-]=[N+]=NC1CN(C(=O)c2ccc(F)c(F)c2)C1. The van der Waals surface area contributed by atoms with E-state index in [-0.39, 0.29) is 11.6 Å². The van der Waals surface area contributed by atoms with E-state index >= 15 is 0 Å². The fourth-order valence-corrected chi connectivity index (χ4v) is 1.58. The van der Waals surface area contributed by atoms with E-state index in [4.69, 9.17) is 5.53 Å². The van der Waals surface area contributed by atoms with Gasteiger partial charge in [-0.05, 0) is 23.7 Å². The molecule has 7 heteroatoms. The van der Waals surface area contributed by atoms with Crippen molar-refractivity contribution in [3.8, 4) is 0 Å². The van der Waals surface area contributed by atoms with Crippen LogP contribution in [0.15, 0.2) is 23.3 Å². The zero-order valence-corrected chi connectivity index (χ0v) is 8.68. The highest BCUT2D eigenvalue weighted by Gasteiger charge is 2.30. The molecule has 17 heavy (non-hydrogen) atoms. The van der Waals surface area contributed by atoms with Gasteiger partial charge in [-0.25, -0.2) is 8.78 Å². The Balaban J connectivity index is 2.06. The van der Waals surface area contributed by atoms with Gasteiger partial charge in [-0.15, -0.1) is 0 Å². The molecular weight excluding hydrogens is 230 g/mol. The van der Waals surface area contributed by atoms with Crippen LogP contribution >= 0.6 is 0 Å². The van der Waals surface area contributed by atoms with Crippen molar-refractivity contribution >= 4 is 5.91 Å². The predicted molar refractivity (Wildman–Crippen MR) is 55.2 cm³/mol. The Labute approximate surface area is 95.3 Å². The number of carbonyl (C=O) groups excluding carboxylic acids is 1. The van der Waals surface area contributed by atoms with Crippen molar-refractivity contribution in [3.63, 3.8) is 0 Å². The second-order valence-corrected chi connectivity index (χ2v) is 3.70. The summed E-state index contributed by atoms with van der Waals surface area (Å²) in [5.74, 6) is -2.44. The van der Waals surface area contributed by atoms with Crippen LogP contribution in [0.4, 0.5) is 8.78 Å². The van der Waals surface area contributed by atoms with Gasteiger partial charge < -0.3 is 4.90 Å². The molecule has 0 spiro atoms. The normalized spacial score (nSPS) is 15.1. The van der Waals surface area contributed by atoms with Crippen molar-refractivity contribution < 1.29 is 13.6 Å². The van der Waals surface area contributed by atoms with Gasteiger partial charge in [0.05, 0.1) is 6.04 Å². The van der Waals surface area contributed by atoms with Crippen LogP contribution in [-0.4, -0.2) is 29.9 Å². The highest BCUT2D eigenvalue weighted by atomic mass is 19.2. The fourth-order valence-electron chi connectivity index (χ4n) is 1.58. The van der Waals surface area contributed by atoms with Crippen LogP contribution in [0.1, 0.15) is 10.4 Å². The minimum atomic E-state index is -1.05. The van der Waals surface area contributed by atoms with Crippen LogP contribution in [0.5, 0.6) is 0 Å². The van der Waals surface area contributed by atoms with Crippen molar-refractivity contribution in [1.29, 1.82) is 0 Å². The van der Waals surface area contributed by atoms with Crippen LogP contribution in [-0.2, 0) is 0 Å². The van der Waals surface area contributed by atoms with E-state index in [1.807, 2.05) is 0 Å². The third-order valence-electron chi connectivity index (χ3n) is 2.53. The number of nitrogens with zero attached hydrogens (tertiary/aromatic N) is 4. The Morgan fingerprint density at radius 3 is 2.71 bits per heavy atom. The molecule has 1 saturated heterocycles. The molecule has 1 fully saturated rings. The summed E-state index contributed by atoms with van der Waals surface area (Å²) in [7, 11) is 0. The van der Waals surface area contributed by atoms with Gasteiger partial charge in [-0.2, -0.15) is 0 Å². The van der Waals surface area contributed by atoms with E-state index in [0.717, 1.165) is 12.1 Å². The molecule has 0 saturated carbocycles. The van der Waals surface area contributed by atoms with E-state index in [1.165, 1.54) is 11.0 Å². The zero-order chi connectivity index (χ0) is 12.4. The van der Waals surface area contributed by atoms with Gasteiger partial charge in [-0.1, -0.05) is 5.11 Å². The lowest BCUT2D eigenvalue weighted by Crippen LogP contribution is -2.52. The highest BCUT2D eigenvalue weighted by molar-refractivity contribution is 5.94. The topological polar surface area (TPSA) is 69.1 Å². The second-order valence-electron chi connectivity index (χ2n) is 3.70. The fraction of sp³-hybridized carbons (Fsp3) is 0.300. The van der Waals surface area contributed by atoms with Gasteiger partial charge in [0.2, 0.25) is 0 Å². The maximum Gasteiger partial charge on any atom is 0.253 e. The molecule has 0 radical (unpaired) electrons. The van der Waals surface area contributed by atoms with Crippen molar-refractivity contribution in [2.75, 3.05) is 13.1 Å². The second kappa shape index (κ2) is 4.39. The summed E-state index contributed by atoms with van der Waals surface area (Å²) < 4.78 is 25.6. The summed E-state index contributed by atoms with van der Waals surface area (Å²) in [6.07, 6.45) is 0. The Kier molecular flexibility index (Phi) is 2.93. The maximum absolute atomic E-state index is 12.9. The molecule has 5 nitrogen and oxygen atoms in total. The molecule has 0 bridgehead atoms. The summed E-state index contributed by atoms with van der Waals surface area (Å²) in [6, 6.07) is 2.77. The molecule has 1 amide bonds. The molecule has 1 aromatic carbocycles. The first kappa shape index (κ1) is 11.3. The number of likely N-dealkylation sites (tertiary alicyclic amines) is 1. The first-order valence-electron chi connectivity index (χ1n) is 4.90. The minimum Gasteiger partial charge on any atom is -0.338 e. The largest absolute Gasteiger partial charge is 0.338 e. The Hall–Kier alpha value is -2.14. The molecule has 2 rings (SSSR count). The average molecular weight is 238 g/mol. The first-order valence-corrected chi connectivity index (χ1v) is 4.90. The minimum absolute atomic E-state index is 0.0864. The number of hydrogen-bond acceptors (Lipinski definition) is 2. The molecule has 0 aliphatic carbocycles. The number of azide groups is 1. The van der Waals surface area contributed by atoms with Gasteiger partial charge in [0.25, 0.3) is 5.91 Å². The van der Waals surface area contributed by atoms with E-state index in [2.05, 4.69) is 10.0 Å². The van der Waals surface area contributed by atoms with Gasteiger partial charge >= 0.3 is 0 Å². The molecule has 1 aliphatic heterocycles. The van der Waals surface area contributed by atoms with Gasteiger partial charge in [0, 0.05) is 23.6 Å². The predicted octanol–water partition coefficient (Wildman–Crippen LogP) is 2.10. The average Bonchev–Trinajstić information content (AvgIpc) is 2.26. The number of benzene rings is 1. The number of halogens is 2. The van der Waals surface area contributed by atoms with Gasteiger partial charge in [0.1, 0.15) is 0 Å². The van der Waals surface area contributed by atoms with E-state index < -0.39 is 17.5 Å². The van der Waals surface area contributed by atoms with Crippen LogP contribution in [0.2, 0.25) is 0 Å². The van der Waals surface area contributed by atoms with Crippen LogP contribution in [0.3, 0.4) is 0 Å². The lowest BCUT2D eigenvalue weighted by atomic mass is 10.1. The molecule has 88 valence electrons. The molecule has 0 N–H and O–H groups in total. The summed E-state index contributed by atoms with van der Waals surface area (Å²) in [5.41, 5.74) is 8.26. The molecule has 0 unspecified atom stereocenters.